The topological polar surface area (TPSA) is 70.0 Å². The minimum atomic E-state index is -2.46. The zero-order valence-electron chi connectivity index (χ0n) is 13.0. The fourth-order valence-corrected chi connectivity index (χ4v) is 4.02. The third-order valence-electron chi connectivity index (χ3n) is 3.66. The van der Waals surface area contributed by atoms with Crippen molar-refractivity contribution in [2.75, 3.05) is 5.32 Å². The van der Waals surface area contributed by atoms with Crippen molar-refractivity contribution >= 4 is 55.1 Å². The van der Waals surface area contributed by atoms with Crippen LogP contribution in [0.1, 0.15) is 11.1 Å². The normalized spacial score (nSPS) is 18.5. The van der Waals surface area contributed by atoms with Gasteiger partial charge in [-0.05, 0) is 58.8 Å². The van der Waals surface area contributed by atoms with Crippen LogP contribution < -0.4 is 5.32 Å². The lowest BCUT2D eigenvalue weighted by Gasteiger charge is -2.08. The van der Waals surface area contributed by atoms with Crippen LogP contribution in [0.3, 0.4) is 0 Å². The molecule has 1 aliphatic heterocycles. The molecule has 124 valence electrons. The first kappa shape index (κ1) is 17.2. The lowest BCUT2D eigenvalue weighted by molar-refractivity contribution is -0.112. The van der Waals surface area contributed by atoms with Crippen molar-refractivity contribution in [2.45, 2.75) is 4.90 Å². The second-order valence-corrected chi connectivity index (χ2v) is 8.54. The molecule has 1 N–H and O–H groups in total. The number of fused-ring (bicyclic) bond motifs is 1. The van der Waals surface area contributed by atoms with Crippen LogP contribution in [-0.2, 0) is 14.3 Å². The van der Waals surface area contributed by atoms with Crippen molar-refractivity contribution in [2.24, 2.45) is 0 Å². The fraction of sp³-hybridized carbons (Fsp3) is 0. The average Bonchev–Trinajstić information content (AvgIpc) is 2.89. The number of nitrogens with zero attached hydrogens (tertiary/aromatic N) is 1. The Kier molecular flexibility index (Phi) is 4.62. The zero-order chi connectivity index (χ0) is 18.0. The van der Waals surface area contributed by atoms with Crippen LogP contribution in [0.2, 0.25) is 0 Å². The molecule has 1 heterocycles. The number of nitriles is 1. The number of carbonyl (C=O) groups is 1. The third kappa shape index (κ3) is 3.73. The van der Waals surface area contributed by atoms with E-state index >= 15 is 0 Å². The van der Waals surface area contributed by atoms with Gasteiger partial charge in [-0.1, -0.05) is 34.1 Å². The smallest absolute Gasteiger partial charge is 0.266 e. The number of nitrogens with one attached hydrogen (secondary N) is 1. The summed E-state index contributed by atoms with van der Waals surface area (Å²) in [6.45, 7) is 0. The molecule has 0 spiro atoms. The van der Waals surface area contributed by atoms with Gasteiger partial charge in [0.25, 0.3) is 5.91 Å². The van der Waals surface area contributed by atoms with Crippen molar-refractivity contribution in [1.29, 1.82) is 5.26 Å². The first-order valence-electron chi connectivity index (χ1n) is 7.27. The second kappa shape index (κ2) is 6.71. The van der Waals surface area contributed by atoms with Crippen molar-refractivity contribution in [3.8, 4) is 6.07 Å². The highest BCUT2D eigenvalue weighted by Gasteiger charge is 2.17. The van der Waals surface area contributed by atoms with E-state index in [9.17, 15) is 14.3 Å². The molecule has 0 aliphatic carbocycles. The van der Waals surface area contributed by atoms with E-state index in [2.05, 4.69) is 27.1 Å². The quantitative estimate of drug-likeness (QED) is 0.469. The third-order valence-corrected chi connectivity index (χ3v) is 5.86. The lowest BCUT2D eigenvalue weighted by Crippen LogP contribution is -2.13. The number of carbonyl (C=O) groups excluding carboxylic acids is 1. The molecule has 0 aromatic heterocycles. The Morgan fingerprint density at radius 1 is 1.24 bits per heavy atom. The summed E-state index contributed by atoms with van der Waals surface area (Å²) in [5.41, 5.74) is 2.02. The molecule has 1 unspecified atom stereocenters. The van der Waals surface area contributed by atoms with E-state index in [1.807, 2.05) is 18.2 Å². The molecular formula is C19H13BrN2O2S. The van der Waals surface area contributed by atoms with E-state index < -0.39 is 15.4 Å². The van der Waals surface area contributed by atoms with Gasteiger partial charge in [-0.25, -0.2) is 0 Å². The minimum Gasteiger partial charge on any atom is -0.321 e. The molecule has 1 aliphatic rings. The van der Waals surface area contributed by atoms with Gasteiger partial charge in [0.1, 0.15) is 11.6 Å². The number of hydrogen-bond donors (Lipinski definition) is 1. The SMILES string of the molecule is C=S1(=O)C=Cc2ccc(NC(=O)/C(C#N)=C/c3ccc(Br)cc3)cc21. The van der Waals surface area contributed by atoms with Gasteiger partial charge in [0.05, 0.1) is 0 Å². The van der Waals surface area contributed by atoms with E-state index in [0.29, 0.717) is 10.6 Å². The molecule has 25 heavy (non-hydrogen) atoms. The number of amides is 1. The van der Waals surface area contributed by atoms with Gasteiger partial charge in [-0.15, -0.1) is 0 Å². The molecule has 2 aromatic carbocycles. The van der Waals surface area contributed by atoms with Crippen LogP contribution in [0.4, 0.5) is 5.69 Å². The monoisotopic (exact) mass is 412 g/mol. The average molecular weight is 413 g/mol. The van der Waals surface area contributed by atoms with Gasteiger partial charge in [0, 0.05) is 24.6 Å². The van der Waals surface area contributed by atoms with Crippen LogP contribution in [0.25, 0.3) is 12.2 Å². The molecule has 2 aromatic rings. The van der Waals surface area contributed by atoms with Crippen LogP contribution in [0.15, 0.2) is 62.8 Å². The predicted molar refractivity (Wildman–Crippen MR) is 105 cm³/mol. The van der Waals surface area contributed by atoms with Gasteiger partial charge in [-0.2, -0.15) is 5.26 Å². The number of benzene rings is 2. The van der Waals surface area contributed by atoms with E-state index in [-0.39, 0.29) is 5.57 Å². The van der Waals surface area contributed by atoms with Gasteiger partial charge < -0.3 is 5.32 Å². The molecule has 0 radical (unpaired) electrons. The van der Waals surface area contributed by atoms with Crippen LogP contribution in [0.5, 0.6) is 0 Å². The molecular weight excluding hydrogens is 400 g/mol. The van der Waals surface area contributed by atoms with Gasteiger partial charge >= 0.3 is 0 Å². The Labute approximate surface area is 154 Å². The predicted octanol–water partition coefficient (Wildman–Crippen LogP) is 4.05. The molecule has 0 bridgehead atoms. The first-order valence-corrected chi connectivity index (χ1v) is 9.85. The lowest BCUT2D eigenvalue weighted by atomic mass is 10.1. The highest BCUT2D eigenvalue weighted by molar-refractivity contribution is 9.10. The van der Waals surface area contributed by atoms with Gasteiger partial charge in [0.2, 0.25) is 0 Å². The molecule has 3 rings (SSSR count). The summed E-state index contributed by atoms with van der Waals surface area (Å²) in [6, 6.07) is 14.3. The number of hydrogen-bond acceptors (Lipinski definition) is 3. The standard InChI is InChI=1S/C19H13BrN2O2S/c1-25(24)9-8-14-4-7-17(11-18(14)25)22-19(23)15(12-21)10-13-2-5-16(20)6-3-13/h2-11H,1H2,(H,22,23)/b15-10+. The molecule has 1 amide bonds. The summed E-state index contributed by atoms with van der Waals surface area (Å²) in [4.78, 5) is 12.9. The molecule has 1 atom stereocenters. The fourth-order valence-electron chi connectivity index (χ4n) is 2.38. The second-order valence-electron chi connectivity index (χ2n) is 5.46. The van der Waals surface area contributed by atoms with E-state index in [4.69, 9.17) is 0 Å². The Balaban J connectivity index is 1.84. The van der Waals surface area contributed by atoms with E-state index in [1.165, 1.54) is 6.08 Å². The van der Waals surface area contributed by atoms with E-state index in [1.54, 1.807) is 41.8 Å². The summed E-state index contributed by atoms with van der Waals surface area (Å²) >= 11 is 3.34. The number of halogens is 1. The Hall–Kier alpha value is -2.62. The minimum absolute atomic E-state index is 0.0173. The van der Waals surface area contributed by atoms with Gasteiger partial charge in [0.15, 0.2) is 0 Å². The first-order chi connectivity index (χ1) is 11.9. The summed E-state index contributed by atoms with van der Waals surface area (Å²) in [6.07, 6.45) is 3.27. The largest absolute Gasteiger partial charge is 0.321 e. The molecule has 0 saturated carbocycles. The van der Waals surface area contributed by atoms with Crippen LogP contribution >= 0.6 is 15.9 Å². The molecule has 4 nitrogen and oxygen atoms in total. The van der Waals surface area contributed by atoms with Gasteiger partial charge in [-0.3, -0.25) is 9.00 Å². The van der Waals surface area contributed by atoms with Crippen LogP contribution in [0, 0.1) is 11.3 Å². The summed E-state index contributed by atoms with van der Waals surface area (Å²) < 4.78 is 13.2. The van der Waals surface area contributed by atoms with Crippen LogP contribution in [-0.4, -0.2) is 16.0 Å². The van der Waals surface area contributed by atoms with Crippen molar-refractivity contribution in [3.05, 3.63) is 69.0 Å². The summed E-state index contributed by atoms with van der Waals surface area (Å²) in [5.74, 6) is 3.18. The number of rotatable bonds is 3. The van der Waals surface area contributed by atoms with Crippen molar-refractivity contribution < 1.29 is 9.00 Å². The molecule has 0 saturated heterocycles. The Morgan fingerprint density at radius 3 is 2.64 bits per heavy atom. The maximum Gasteiger partial charge on any atom is 0.266 e. The highest BCUT2D eigenvalue weighted by atomic mass is 79.9. The maximum atomic E-state index is 12.4. The van der Waals surface area contributed by atoms with Crippen molar-refractivity contribution in [3.63, 3.8) is 0 Å². The van der Waals surface area contributed by atoms with Crippen molar-refractivity contribution in [1.82, 2.24) is 0 Å². The molecule has 0 fully saturated rings. The highest BCUT2D eigenvalue weighted by Crippen LogP contribution is 2.29. The Bertz CT molecular complexity index is 1060. The van der Waals surface area contributed by atoms with E-state index in [0.717, 1.165) is 15.6 Å². The Morgan fingerprint density at radius 2 is 1.96 bits per heavy atom. The summed E-state index contributed by atoms with van der Waals surface area (Å²) in [5, 5.41) is 13.5. The maximum absolute atomic E-state index is 12.4. The number of anilines is 1. The zero-order valence-corrected chi connectivity index (χ0v) is 15.4. The molecule has 6 heteroatoms. The summed E-state index contributed by atoms with van der Waals surface area (Å²) in [7, 11) is -2.46.